The summed E-state index contributed by atoms with van der Waals surface area (Å²) in [6, 6.07) is 8.98. The fraction of sp³-hybridized carbons (Fsp3) is 0.133. The molecule has 0 aromatic heterocycles. The summed E-state index contributed by atoms with van der Waals surface area (Å²) in [5, 5.41) is 2.71. The van der Waals surface area contributed by atoms with E-state index in [1.165, 1.54) is 25.3 Å². The Morgan fingerprint density at radius 1 is 1.25 bits per heavy atom. The van der Waals surface area contributed by atoms with E-state index in [4.69, 9.17) is 10.5 Å². The van der Waals surface area contributed by atoms with Crippen molar-refractivity contribution in [1.82, 2.24) is 0 Å². The highest BCUT2D eigenvalue weighted by Gasteiger charge is 2.12. The molecule has 2 aromatic carbocycles. The maximum atomic E-state index is 13.0. The zero-order valence-corrected chi connectivity index (χ0v) is 11.2. The molecule has 5 heteroatoms. The maximum Gasteiger partial charge on any atom is 0.257 e. The summed E-state index contributed by atoms with van der Waals surface area (Å²) < 4.78 is 18.0. The summed E-state index contributed by atoms with van der Waals surface area (Å²) in [5.74, 6) is -0.110. The van der Waals surface area contributed by atoms with E-state index in [0.29, 0.717) is 28.3 Å². The van der Waals surface area contributed by atoms with Crippen LogP contribution in [0.5, 0.6) is 5.75 Å². The van der Waals surface area contributed by atoms with Crippen LogP contribution in [0.25, 0.3) is 0 Å². The summed E-state index contributed by atoms with van der Waals surface area (Å²) in [6.45, 7) is 1.72. The molecule has 0 aliphatic carbocycles. The predicted octanol–water partition coefficient (Wildman–Crippen LogP) is 2.98. The Hall–Kier alpha value is -2.56. The van der Waals surface area contributed by atoms with Gasteiger partial charge in [0, 0.05) is 17.4 Å². The number of methoxy groups -OCH3 is 1. The van der Waals surface area contributed by atoms with Crippen molar-refractivity contribution in [1.29, 1.82) is 0 Å². The first-order valence-corrected chi connectivity index (χ1v) is 6.02. The topological polar surface area (TPSA) is 64.3 Å². The Morgan fingerprint density at radius 2 is 2.00 bits per heavy atom. The van der Waals surface area contributed by atoms with Crippen LogP contribution < -0.4 is 15.8 Å². The van der Waals surface area contributed by atoms with E-state index in [1.807, 2.05) is 0 Å². The van der Waals surface area contributed by atoms with Gasteiger partial charge in [0.05, 0.1) is 12.7 Å². The van der Waals surface area contributed by atoms with E-state index in [-0.39, 0.29) is 11.7 Å². The molecule has 0 aliphatic heterocycles. The highest BCUT2D eigenvalue weighted by molar-refractivity contribution is 6.08. The van der Waals surface area contributed by atoms with Gasteiger partial charge in [-0.3, -0.25) is 4.79 Å². The first-order chi connectivity index (χ1) is 9.51. The van der Waals surface area contributed by atoms with Crippen molar-refractivity contribution in [3.63, 3.8) is 0 Å². The molecule has 0 atom stereocenters. The maximum absolute atomic E-state index is 13.0. The number of halogens is 1. The molecule has 0 radical (unpaired) electrons. The molecule has 3 N–H and O–H groups in total. The second-order valence-corrected chi connectivity index (χ2v) is 4.37. The van der Waals surface area contributed by atoms with Crippen molar-refractivity contribution >= 4 is 17.3 Å². The Labute approximate surface area is 116 Å². The van der Waals surface area contributed by atoms with Gasteiger partial charge >= 0.3 is 0 Å². The fourth-order valence-corrected chi connectivity index (χ4v) is 1.83. The van der Waals surface area contributed by atoms with Gasteiger partial charge in [-0.2, -0.15) is 0 Å². The normalized spacial score (nSPS) is 10.2. The highest BCUT2D eigenvalue weighted by atomic mass is 19.1. The molecule has 1 amide bonds. The van der Waals surface area contributed by atoms with Crippen LogP contribution in [0.4, 0.5) is 15.8 Å². The van der Waals surface area contributed by atoms with Crippen LogP contribution in [0.3, 0.4) is 0 Å². The zero-order valence-electron chi connectivity index (χ0n) is 11.2. The summed E-state index contributed by atoms with van der Waals surface area (Å²) in [7, 11) is 1.52. The van der Waals surface area contributed by atoms with E-state index in [2.05, 4.69) is 5.32 Å². The lowest BCUT2D eigenvalue weighted by Crippen LogP contribution is -2.14. The third-order valence-electron chi connectivity index (χ3n) is 2.94. The number of amides is 1. The van der Waals surface area contributed by atoms with Gasteiger partial charge in [-0.1, -0.05) is 0 Å². The van der Waals surface area contributed by atoms with Gasteiger partial charge in [0.15, 0.2) is 0 Å². The van der Waals surface area contributed by atoms with Gasteiger partial charge in [-0.15, -0.1) is 0 Å². The molecule has 0 saturated heterocycles. The molecule has 0 spiro atoms. The summed E-state index contributed by atoms with van der Waals surface area (Å²) in [6.07, 6.45) is 0. The molecule has 0 saturated carbocycles. The molecular formula is C15H15FN2O2. The minimum Gasteiger partial charge on any atom is -0.497 e. The quantitative estimate of drug-likeness (QED) is 0.846. The number of hydrogen-bond acceptors (Lipinski definition) is 3. The van der Waals surface area contributed by atoms with Crippen LogP contribution in [0.1, 0.15) is 15.9 Å². The first-order valence-electron chi connectivity index (χ1n) is 6.02. The van der Waals surface area contributed by atoms with Crippen LogP contribution in [-0.2, 0) is 0 Å². The number of nitrogens with two attached hydrogens (primary N) is 1. The second-order valence-electron chi connectivity index (χ2n) is 4.37. The van der Waals surface area contributed by atoms with E-state index in [9.17, 15) is 9.18 Å². The molecule has 0 fully saturated rings. The highest BCUT2D eigenvalue weighted by Crippen LogP contribution is 2.22. The zero-order chi connectivity index (χ0) is 14.7. The number of anilines is 2. The van der Waals surface area contributed by atoms with Gasteiger partial charge in [0.25, 0.3) is 5.91 Å². The lowest BCUT2D eigenvalue weighted by atomic mass is 10.1. The van der Waals surface area contributed by atoms with Crippen LogP contribution in [-0.4, -0.2) is 13.0 Å². The van der Waals surface area contributed by atoms with Crippen molar-refractivity contribution in [2.75, 3.05) is 18.2 Å². The van der Waals surface area contributed by atoms with Crippen molar-refractivity contribution in [3.05, 3.63) is 53.3 Å². The molecule has 0 bridgehead atoms. The van der Waals surface area contributed by atoms with Crippen LogP contribution in [0.15, 0.2) is 36.4 Å². The third-order valence-corrected chi connectivity index (χ3v) is 2.94. The van der Waals surface area contributed by atoms with Crippen LogP contribution in [0.2, 0.25) is 0 Å². The van der Waals surface area contributed by atoms with Gasteiger partial charge in [0.1, 0.15) is 11.6 Å². The lowest BCUT2D eigenvalue weighted by molar-refractivity contribution is 0.102. The minimum absolute atomic E-state index is 0.321. The number of rotatable bonds is 3. The number of carbonyl (C=O) groups is 1. The van der Waals surface area contributed by atoms with E-state index >= 15 is 0 Å². The molecule has 0 heterocycles. The van der Waals surface area contributed by atoms with Gasteiger partial charge in [-0.25, -0.2) is 4.39 Å². The van der Waals surface area contributed by atoms with Gasteiger partial charge in [0.2, 0.25) is 0 Å². The largest absolute Gasteiger partial charge is 0.497 e. The Kier molecular flexibility index (Phi) is 3.89. The minimum atomic E-state index is -0.347. The van der Waals surface area contributed by atoms with Crippen LogP contribution in [0, 0.1) is 12.7 Å². The molecular weight excluding hydrogens is 259 g/mol. The Balaban J connectivity index is 2.24. The average Bonchev–Trinajstić information content (AvgIpc) is 2.41. The number of aryl methyl sites for hydroxylation is 1. The lowest BCUT2D eigenvalue weighted by Gasteiger charge is -2.10. The van der Waals surface area contributed by atoms with Crippen molar-refractivity contribution in [3.8, 4) is 5.75 Å². The van der Waals surface area contributed by atoms with E-state index < -0.39 is 0 Å². The number of nitrogen functional groups attached to an aromatic ring is 1. The van der Waals surface area contributed by atoms with E-state index in [1.54, 1.807) is 25.1 Å². The van der Waals surface area contributed by atoms with Crippen molar-refractivity contribution < 1.29 is 13.9 Å². The monoisotopic (exact) mass is 274 g/mol. The number of ether oxygens (including phenoxy) is 1. The number of carbonyl (C=O) groups excluding carboxylic acids is 1. The van der Waals surface area contributed by atoms with Gasteiger partial charge in [-0.05, 0) is 42.8 Å². The molecule has 0 unspecified atom stereocenters. The van der Waals surface area contributed by atoms with Crippen molar-refractivity contribution in [2.24, 2.45) is 0 Å². The molecule has 104 valence electrons. The summed E-state index contributed by atoms with van der Waals surface area (Å²) in [5.41, 5.74) is 7.67. The fourth-order valence-electron chi connectivity index (χ4n) is 1.83. The molecule has 2 rings (SSSR count). The number of hydrogen-bond donors (Lipinski definition) is 2. The Bertz CT molecular complexity index is 656. The first kappa shape index (κ1) is 13.9. The average molecular weight is 274 g/mol. The van der Waals surface area contributed by atoms with Crippen molar-refractivity contribution in [2.45, 2.75) is 6.92 Å². The molecule has 2 aromatic rings. The summed E-state index contributed by atoms with van der Waals surface area (Å²) in [4.78, 5) is 12.1. The van der Waals surface area contributed by atoms with Gasteiger partial charge < -0.3 is 15.8 Å². The smallest absolute Gasteiger partial charge is 0.257 e. The number of nitrogens with one attached hydrogen (secondary N) is 1. The standard InChI is InChI=1S/C15H15FN2O2/c1-9-7-10(16)3-6-14(9)18-15(19)12-5-4-11(20-2)8-13(12)17/h3-8H,17H2,1-2H3,(H,18,19). The third kappa shape index (κ3) is 2.88. The molecule has 4 nitrogen and oxygen atoms in total. The SMILES string of the molecule is COc1ccc(C(=O)Nc2ccc(F)cc2C)c(N)c1. The Morgan fingerprint density at radius 3 is 2.60 bits per heavy atom. The molecule has 20 heavy (non-hydrogen) atoms. The molecule has 0 aliphatic rings. The van der Waals surface area contributed by atoms with Crippen LogP contribution >= 0.6 is 0 Å². The van der Waals surface area contributed by atoms with E-state index in [0.717, 1.165) is 0 Å². The predicted molar refractivity (Wildman–Crippen MR) is 76.5 cm³/mol. The summed E-state index contributed by atoms with van der Waals surface area (Å²) >= 11 is 0. The second kappa shape index (κ2) is 5.61. The number of benzene rings is 2.